The van der Waals surface area contributed by atoms with Crippen LogP contribution < -0.4 is 4.74 Å². The smallest absolute Gasteiger partial charge is 0.130 e. The van der Waals surface area contributed by atoms with Crippen LogP contribution in [0.5, 0.6) is 5.75 Å². The van der Waals surface area contributed by atoms with Gasteiger partial charge in [0.1, 0.15) is 18.2 Å². The monoisotopic (exact) mass is 423 g/mol. The molecule has 32 heavy (non-hydrogen) atoms. The Bertz CT molecular complexity index is 1160. The molecule has 0 saturated heterocycles. The molecule has 4 aromatic rings. The van der Waals surface area contributed by atoms with E-state index in [0.29, 0.717) is 12.5 Å². The summed E-state index contributed by atoms with van der Waals surface area (Å²) >= 11 is 0. The number of aryl methyl sites for hydroxylation is 1. The first-order valence-electron chi connectivity index (χ1n) is 11.0. The Morgan fingerprint density at radius 1 is 0.812 bits per heavy atom. The summed E-state index contributed by atoms with van der Waals surface area (Å²) in [7, 11) is 0. The molecule has 0 spiro atoms. The lowest BCUT2D eigenvalue weighted by Crippen LogP contribution is -2.30. The van der Waals surface area contributed by atoms with Gasteiger partial charge >= 0.3 is 0 Å². The molecule has 0 amide bonds. The van der Waals surface area contributed by atoms with Crippen molar-refractivity contribution in [1.29, 1.82) is 0 Å². The first-order valence-corrected chi connectivity index (χ1v) is 11.0. The normalized spacial score (nSPS) is 13.0. The summed E-state index contributed by atoms with van der Waals surface area (Å²) in [6.45, 7) is 9.23. The minimum absolute atomic E-state index is 0.125. The topological polar surface area (TPSA) is 47.9 Å². The largest absolute Gasteiger partial charge is 0.487 e. The number of rotatable bonds is 7. The van der Waals surface area contributed by atoms with Crippen molar-refractivity contribution in [3.05, 3.63) is 108 Å². The first kappa shape index (κ1) is 21.7. The Kier molecular flexibility index (Phi) is 6.31. The van der Waals surface area contributed by atoms with Crippen LogP contribution in [0, 0.1) is 12.8 Å². The first-order chi connectivity index (χ1) is 15.5. The van der Waals surface area contributed by atoms with E-state index in [2.05, 4.69) is 84.3 Å². The summed E-state index contributed by atoms with van der Waals surface area (Å²) in [6, 6.07) is 25.0. The maximum atomic E-state index is 5.93. The molecule has 2 aromatic carbocycles. The van der Waals surface area contributed by atoms with Gasteiger partial charge in [0, 0.05) is 23.4 Å². The van der Waals surface area contributed by atoms with Gasteiger partial charge < -0.3 is 4.74 Å². The van der Waals surface area contributed by atoms with E-state index in [0.717, 1.165) is 28.5 Å². The van der Waals surface area contributed by atoms with E-state index < -0.39 is 0 Å². The minimum Gasteiger partial charge on any atom is -0.487 e. The molecule has 4 nitrogen and oxygen atoms in total. The molecule has 0 saturated carbocycles. The van der Waals surface area contributed by atoms with Crippen LogP contribution in [0.1, 0.15) is 43.4 Å². The van der Waals surface area contributed by atoms with Gasteiger partial charge in [0.15, 0.2) is 0 Å². The fourth-order valence-corrected chi connectivity index (χ4v) is 3.98. The Morgan fingerprint density at radius 2 is 1.50 bits per heavy atom. The van der Waals surface area contributed by atoms with Gasteiger partial charge in [0.05, 0.1) is 11.4 Å². The Hall–Kier alpha value is -3.53. The lowest BCUT2D eigenvalue weighted by atomic mass is 9.68. The van der Waals surface area contributed by atoms with E-state index in [1.807, 2.05) is 31.2 Å². The van der Waals surface area contributed by atoms with Crippen LogP contribution in [-0.4, -0.2) is 15.0 Å². The summed E-state index contributed by atoms with van der Waals surface area (Å²) in [5.41, 5.74) is 5.39. The van der Waals surface area contributed by atoms with E-state index in [-0.39, 0.29) is 5.41 Å². The van der Waals surface area contributed by atoms with E-state index in [1.165, 1.54) is 11.1 Å². The molecule has 4 heteroatoms. The highest BCUT2D eigenvalue weighted by molar-refractivity contribution is 5.60. The van der Waals surface area contributed by atoms with Gasteiger partial charge in [-0.25, -0.2) is 9.97 Å². The molecule has 0 bridgehead atoms. The van der Waals surface area contributed by atoms with E-state index >= 15 is 0 Å². The predicted molar refractivity (Wildman–Crippen MR) is 129 cm³/mol. The lowest BCUT2D eigenvalue weighted by Gasteiger charge is -2.35. The summed E-state index contributed by atoms with van der Waals surface area (Å²) in [4.78, 5) is 13.1. The molecule has 0 fully saturated rings. The average molecular weight is 424 g/mol. The zero-order valence-corrected chi connectivity index (χ0v) is 19.1. The second-order valence-electron chi connectivity index (χ2n) is 8.56. The van der Waals surface area contributed by atoms with Crippen LogP contribution in [0.4, 0.5) is 0 Å². The van der Waals surface area contributed by atoms with Crippen molar-refractivity contribution in [2.75, 3.05) is 0 Å². The molecule has 0 aliphatic carbocycles. The zero-order valence-electron chi connectivity index (χ0n) is 19.1. The highest BCUT2D eigenvalue weighted by Crippen LogP contribution is 2.40. The van der Waals surface area contributed by atoms with E-state index in [4.69, 9.17) is 4.74 Å². The number of hydrogen-bond acceptors (Lipinski definition) is 4. The van der Waals surface area contributed by atoms with Crippen LogP contribution in [0.15, 0.2) is 85.2 Å². The number of pyridine rings is 1. The molecular weight excluding hydrogens is 394 g/mol. The van der Waals surface area contributed by atoms with Crippen LogP contribution >= 0.6 is 0 Å². The van der Waals surface area contributed by atoms with Gasteiger partial charge in [0.25, 0.3) is 0 Å². The van der Waals surface area contributed by atoms with Gasteiger partial charge in [-0.2, -0.15) is 0 Å². The summed E-state index contributed by atoms with van der Waals surface area (Å²) < 4.78 is 5.93. The highest BCUT2D eigenvalue weighted by atomic mass is 16.5. The molecule has 2 heterocycles. The number of hydrogen-bond donors (Lipinski definition) is 0. The molecule has 1 unspecified atom stereocenters. The third kappa shape index (κ3) is 4.54. The van der Waals surface area contributed by atoms with E-state index in [9.17, 15) is 0 Å². The average Bonchev–Trinajstić information content (AvgIpc) is 2.83. The van der Waals surface area contributed by atoms with Crippen molar-refractivity contribution in [1.82, 2.24) is 15.0 Å². The molecule has 0 aliphatic rings. The molecule has 4 rings (SSSR count). The van der Waals surface area contributed by atoms with Crippen molar-refractivity contribution in [3.8, 4) is 17.0 Å². The fraction of sp³-hybridized carbons (Fsp3) is 0.250. The van der Waals surface area contributed by atoms with Crippen LogP contribution in [0.2, 0.25) is 0 Å². The van der Waals surface area contributed by atoms with Crippen molar-refractivity contribution in [2.45, 2.75) is 39.7 Å². The van der Waals surface area contributed by atoms with Gasteiger partial charge in [-0.3, -0.25) is 4.98 Å². The Balaban J connectivity index is 1.56. The summed E-state index contributed by atoms with van der Waals surface area (Å²) in [5.74, 6) is 2.04. The summed E-state index contributed by atoms with van der Waals surface area (Å²) in [6.07, 6.45) is 3.59. The standard InChI is InChI=1S/C28H29N3O/c1-20(2)28(4,23-10-8-22(9-11-23)27-16-18-29-21(3)31-27)24-12-14-26(15-13-24)32-19-25-7-5-6-17-30-25/h5-18,20H,19H2,1-4H3. The molecular formula is C28H29N3O. The molecule has 2 aromatic heterocycles. The van der Waals surface area contributed by atoms with Gasteiger partial charge in [0.2, 0.25) is 0 Å². The molecule has 162 valence electrons. The molecule has 0 aliphatic heterocycles. The van der Waals surface area contributed by atoms with Crippen molar-refractivity contribution < 1.29 is 4.74 Å². The number of ether oxygens (including phenoxy) is 1. The molecule has 1 atom stereocenters. The molecule has 0 N–H and O–H groups in total. The van der Waals surface area contributed by atoms with Crippen LogP contribution in [0.3, 0.4) is 0 Å². The van der Waals surface area contributed by atoms with Gasteiger partial charge in [-0.05, 0) is 54.3 Å². The van der Waals surface area contributed by atoms with E-state index in [1.54, 1.807) is 12.4 Å². The molecule has 0 radical (unpaired) electrons. The fourth-order valence-electron chi connectivity index (χ4n) is 3.98. The second kappa shape index (κ2) is 9.31. The quantitative estimate of drug-likeness (QED) is 0.346. The Labute approximate surface area is 190 Å². The highest BCUT2D eigenvalue weighted by Gasteiger charge is 2.32. The maximum absolute atomic E-state index is 5.93. The number of nitrogens with zero attached hydrogens (tertiary/aromatic N) is 3. The third-order valence-electron chi connectivity index (χ3n) is 6.28. The minimum atomic E-state index is -0.125. The SMILES string of the molecule is Cc1nccc(-c2ccc(C(C)(c3ccc(OCc4ccccn4)cc3)C(C)C)cc2)n1. The number of aromatic nitrogens is 3. The van der Waals surface area contributed by atoms with Crippen molar-refractivity contribution in [2.24, 2.45) is 5.92 Å². The maximum Gasteiger partial charge on any atom is 0.130 e. The van der Waals surface area contributed by atoms with Crippen molar-refractivity contribution >= 4 is 0 Å². The van der Waals surface area contributed by atoms with Crippen molar-refractivity contribution in [3.63, 3.8) is 0 Å². The van der Waals surface area contributed by atoms with Crippen LogP contribution in [-0.2, 0) is 12.0 Å². The number of benzene rings is 2. The van der Waals surface area contributed by atoms with Crippen LogP contribution in [0.25, 0.3) is 11.3 Å². The van der Waals surface area contributed by atoms with Gasteiger partial charge in [-0.15, -0.1) is 0 Å². The third-order valence-corrected chi connectivity index (χ3v) is 6.28. The second-order valence-corrected chi connectivity index (χ2v) is 8.56. The van der Waals surface area contributed by atoms with Gasteiger partial charge in [-0.1, -0.05) is 63.2 Å². The zero-order chi connectivity index (χ0) is 22.6. The lowest BCUT2D eigenvalue weighted by molar-refractivity contribution is 0.301. The predicted octanol–water partition coefficient (Wildman–Crippen LogP) is 6.39. The summed E-state index contributed by atoms with van der Waals surface area (Å²) in [5, 5.41) is 0. The Morgan fingerprint density at radius 3 is 2.09 bits per heavy atom.